The number of amides is 2. The molecule has 0 atom stereocenters. The number of carbonyl (C=O) groups is 2. The van der Waals surface area contributed by atoms with Crippen molar-refractivity contribution < 1.29 is 19.1 Å². The van der Waals surface area contributed by atoms with Crippen LogP contribution in [0.3, 0.4) is 0 Å². The monoisotopic (exact) mass is 340 g/mol. The Morgan fingerprint density at radius 1 is 0.960 bits per heavy atom. The summed E-state index contributed by atoms with van der Waals surface area (Å²) in [6, 6.07) is 11.2. The highest BCUT2D eigenvalue weighted by atomic mass is 16.7. The van der Waals surface area contributed by atoms with Crippen molar-refractivity contribution >= 4 is 17.5 Å². The first-order valence-corrected chi connectivity index (χ1v) is 8.03. The highest BCUT2D eigenvalue weighted by molar-refractivity contribution is 6.03. The molecule has 0 fully saturated rings. The van der Waals surface area contributed by atoms with E-state index < -0.39 is 0 Å². The summed E-state index contributed by atoms with van der Waals surface area (Å²) in [6.07, 6.45) is -0.225. The highest BCUT2D eigenvalue weighted by Gasteiger charge is 2.14. The maximum absolute atomic E-state index is 12.0. The molecule has 1 heterocycles. The van der Waals surface area contributed by atoms with Crippen molar-refractivity contribution in [3.05, 3.63) is 53.1 Å². The third-order valence-corrected chi connectivity index (χ3v) is 3.75. The van der Waals surface area contributed by atoms with E-state index in [1.54, 1.807) is 6.07 Å². The maximum Gasteiger partial charge on any atom is 0.233 e. The number of rotatable bonds is 5. The van der Waals surface area contributed by atoms with Gasteiger partial charge in [0.15, 0.2) is 11.5 Å². The van der Waals surface area contributed by atoms with Crippen molar-refractivity contribution in [3.63, 3.8) is 0 Å². The van der Waals surface area contributed by atoms with Crippen molar-refractivity contribution in [2.45, 2.75) is 26.8 Å². The maximum atomic E-state index is 12.0. The van der Waals surface area contributed by atoms with E-state index in [4.69, 9.17) is 9.47 Å². The topological polar surface area (TPSA) is 76.7 Å². The molecule has 2 N–H and O–H groups in total. The van der Waals surface area contributed by atoms with E-state index in [0.717, 1.165) is 16.7 Å². The molecule has 1 aliphatic rings. The summed E-state index contributed by atoms with van der Waals surface area (Å²) < 4.78 is 10.5. The highest BCUT2D eigenvalue weighted by Crippen LogP contribution is 2.32. The first kappa shape index (κ1) is 16.8. The van der Waals surface area contributed by atoms with Crippen molar-refractivity contribution in [1.29, 1.82) is 0 Å². The van der Waals surface area contributed by atoms with Gasteiger partial charge in [0.05, 0.1) is 0 Å². The zero-order valence-corrected chi connectivity index (χ0v) is 14.2. The summed E-state index contributed by atoms with van der Waals surface area (Å²) in [5, 5.41) is 5.48. The lowest BCUT2D eigenvalue weighted by atomic mass is 10.1. The first-order chi connectivity index (χ1) is 12.0. The molecule has 0 bridgehead atoms. The van der Waals surface area contributed by atoms with Gasteiger partial charge in [0.25, 0.3) is 0 Å². The zero-order valence-electron chi connectivity index (χ0n) is 14.2. The SMILES string of the molecule is Cc1cc(C)cc(NC(=O)CC(=O)NCc2ccc3c(c2)OCO3)c1. The molecule has 2 aromatic carbocycles. The number of hydrogen-bond donors (Lipinski definition) is 2. The predicted molar refractivity (Wildman–Crippen MR) is 93.6 cm³/mol. The average Bonchev–Trinajstić information content (AvgIpc) is 2.99. The minimum absolute atomic E-state index is 0.212. The first-order valence-electron chi connectivity index (χ1n) is 8.03. The lowest BCUT2D eigenvalue weighted by Crippen LogP contribution is -2.27. The molecule has 6 heteroatoms. The van der Waals surface area contributed by atoms with Crippen LogP contribution in [0.15, 0.2) is 36.4 Å². The van der Waals surface area contributed by atoms with E-state index in [1.807, 2.05) is 44.2 Å². The lowest BCUT2D eigenvalue weighted by Gasteiger charge is -2.09. The van der Waals surface area contributed by atoms with E-state index in [-0.39, 0.29) is 25.0 Å². The number of anilines is 1. The molecular weight excluding hydrogens is 320 g/mol. The smallest absolute Gasteiger partial charge is 0.233 e. The Kier molecular flexibility index (Phi) is 4.88. The lowest BCUT2D eigenvalue weighted by molar-refractivity contribution is -0.126. The fraction of sp³-hybridized carbons (Fsp3) is 0.263. The molecule has 0 aliphatic carbocycles. The molecule has 0 unspecified atom stereocenters. The van der Waals surface area contributed by atoms with Crippen LogP contribution < -0.4 is 20.1 Å². The van der Waals surface area contributed by atoms with Crippen LogP contribution in [0.5, 0.6) is 11.5 Å². The second-order valence-electron chi connectivity index (χ2n) is 6.07. The predicted octanol–water partition coefficient (Wildman–Crippen LogP) is 2.68. The molecular formula is C19H20N2O4. The molecule has 2 aromatic rings. The fourth-order valence-electron chi connectivity index (χ4n) is 2.71. The second-order valence-corrected chi connectivity index (χ2v) is 6.07. The fourth-order valence-corrected chi connectivity index (χ4v) is 2.71. The Balaban J connectivity index is 1.49. The summed E-state index contributed by atoms with van der Waals surface area (Å²) in [6.45, 7) is 4.46. The molecule has 0 radical (unpaired) electrons. The van der Waals surface area contributed by atoms with Gasteiger partial charge in [-0.3, -0.25) is 9.59 Å². The zero-order chi connectivity index (χ0) is 17.8. The molecule has 1 aliphatic heterocycles. The standard InChI is InChI=1S/C19H20N2O4/c1-12-5-13(2)7-15(6-12)21-19(23)9-18(22)20-10-14-3-4-16-17(8-14)25-11-24-16/h3-8H,9-11H2,1-2H3,(H,20,22)(H,21,23). The van der Waals surface area contributed by atoms with E-state index in [2.05, 4.69) is 10.6 Å². The van der Waals surface area contributed by atoms with Gasteiger partial charge < -0.3 is 20.1 Å². The Morgan fingerprint density at radius 3 is 2.44 bits per heavy atom. The van der Waals surface area contributed by atoms with Crippen molar-refractivity contribution in [2.75, 3.05) is 12.1 Å². The summed E-state index contributed by atoms with van der Waals surface area (Å²) in [4.78, 5) is 24.0. The molecule has 0 spiro atoms. The number of carbonyl (C=O) groups excluding carboxylic acids is 2. The quantitative estimate of drug-likeness (QED) is 0.821. The Hall–Kier alpha value is -3.02. The van der Waals surface area contributed by atoms with E-state index >= 15 is 0 Å². The largest absolute Gasteiger partial charge is 0.454 e. The Labute approximate surface area is 146 Å². The van der Waals surface area contributed by atoms with Crippen LogP contribution in [0.4, 0.5) is 5.69 Å². The minimum Gasteiger partial charge on any atom is -0.454 e. The van der Waals surface area contributed by atoms with Crippen LogP contribution in [-0.4, -0.2) is 18.6 Å². The molecule has 0 aromatic heterocycles. The Morgan fingerprint density at radius 2 is 1.68 bits per heavy atom. The number of ether oxygens (including phenoxy) is 2. The van der Waals surface area contributed by atoms with Gasteiger partial charge in [0.1, 0.15) is 6.42 Å². The van der Waals surface area contributed by atoms with Gasteiger partial charge >= 0.3 is 0 Å². The van der Waals surface area contributed by atoms with Crippen LogP contribution in [0.2, 0.25) is 0 Å². The molecule has 130 valence electrons. The number of hydrogen-bond acceptors (Lipinski definition) is 4. The third kappa shape index (κ3) is 4.50. The summed E-state index contributed by atoms with van der Waals surface area (Å²) in [5.74, 6) is 0.690. The Bertz CT molecular complexity index is 797. The van der Waals surface area contributed by atoms with Gasteiger partial charge in [-0.2, -0.15) is 0 Å². The third-order valence-electron chi connectivity index (χ3n) is 3.75. The molecule has 0 saturated heterocycles. The van der Waals surface area contributed by atoms with Gasteiger partial charge in [-0.05, 0) is 54.8 Å². The van der Waals surface area contributed by atoms with E-state index in [0.29, 0.717) is 23.7 Å². The van der Waals surface area contributed by atoms with Crippen LogP contribution in [0, 0.1) is 13.8 Å². The summed E-state index contributed by atoms with van der Waals surface area (Å²) >= 11 is 0. The van der Waals surface area contributed by atoms with Crippen LogP contribution in [-0.2, 0) is 16.1 Å². The average molecular weight is 340 g/mol. The van der Waals surface area contributed by atoms with Crippen molar-refractivity contribution in [3.8, 4) is 11.5 Å². The van der Waals surface area contributed by atoms with Gasteiger partial charge in [-0.1, -0.05) is 12.1 Å². The summed E-state index contributed by atoms with van der Waals surface area (Å²) in [7, 11) is 0. The minimum atomic E-state index is -0.340. The van der Waals surface area contributed by atoms with E-state index in [1.165, 1.54) is 0 Å². The van der Waals surface area contributed by atoms with Crippen LogP contribution >= 0.6 is 0 Å². The van der Waals surface area contributed by atoms with Crippen molar-refractivity contribution in [1.82, 2.24) is 5.32 Å². The molecule has 25 heavy (non-hydrogen) atoms. The number of nitrogens with one attached hydrogen (secondary N) is 2. The summed E-state index contributed by atoms with van der Waals surface area (Å²) in [5.41, 5.74) is 3.70. The number of benzene rings is 2. The van der Waals surface area contributed by atoms with Gasteiger partial charge in [-0.25, -0.2) is 0 Å². The molecule has 6 nitrogen and oxygen atoms in total. The van der Waals surface area contributed by atoms with E-state index in [9.17, 15) is 9.59 Å². The van der Waals surface area contributed by atoms with Gasteiger partial charge in [0.2, 0.25) is 18.6 Å². The second kappa shape index (κ2) is 7.25. The van der Waals surface area contributed by atoms with Gasteiger partial charge in [0, 0.05) is 12.2 Å². The number of aryl methyl sites for hydroxylation is 2. The van der Waals surface area contributed by atoms with Gasteiger partial charge in [-0.15, -0.1) is 0 Å². The van der Waals surface area contributed by atoms with Crippen LogP contribution in [0.25, 0.3) is 0 Å². The van der Waals surface area contributed by atoms with Crippen molar-refractivity contribution in [2.24, 2.45) is 0 Å². The molecule has 2 amide bonds. The number of fused-ring (bicyclic) bond motifs is 1. The normalized spacial score (nSPS) is 11.9. The van der Waals surface area contributed by atoms with Crippen LogP contribution in [0.1, 0.15) is 23.1 Å². The molecule has 0 saturated carbocycles. The molecule has 3 rings (SSSR count).